The molecule has 1 aromatic rings. The number of benzene rings is 1. The maximum Gasteiger partial charge on any atom is 0.194 e. The van der Waals surface area contributed by atoms with Crippen molar-refractivity contribution in [3.8, 4) is 0 Å². The predicted octanol–water partition coefficient (Wildman–Crippen LogP) is 1.59. The van der Waals surface area contributed by atoms with Gasteiger partial charge in [-0.1, -0.05) is 42.5 Å². The van der Waals surface area contributed by atoms with Crippen molar-refractivity contribution in [1.82, 2.24) is 10.2 Å². The molecule has 1 aromatic carbocycles. The van der Waals surface area contributed by atoms with Crippen LogP contribution in [0.5, 0.6) is 0 Å². The molecule has 0 amide bonds. The molecule has 0 atom stereocenters. The number of likely N-dealkylation sites (N-methyl/N-ethyl adjacent to an activating group) is 1. The molecule has 0 radical (unpaired) electrons. The SMILES string of the molecule is CN1CCN=C1NC/C=C/c1ccccc1. The quantitative estimate of drug-likeness (QED) is 0.829. The summed E-state index contributed by atoms with van der Waals surface area (Å²) in [5.41, 5.74) is 1.23. The molecule has 3 nitrogen and oxygen atoms in total. The van der Waals surface area contributed by atoms with Crippen LogP contribution >= 0.6 is 0 Å². The van der Waals surface area contributed by atoms with Crippen molar-refractivity contribution in [2.45, 2.75) is 0 Å². The molecule has 0 unspecified atom stereocenters. The molecule has 16 heavy (non-hydrogen) atoms. The summed E-state index contributed by atoms with van der Waals surface area (Å²) in [4.78, 5) is 6.49. The van der Waals surface area contributed by atoms with Gasteiger partial charge in [-0.3, -0.25) is 4.99 Å². The fourth-order valence-electron chi connectivity index (χ4n) is 1.63. The molecule has 0 spiro atoms. The van der Waals surface area contributed by atoms with Gasteiger partial charge >= 0.3 is 0 Å². The van der Waals surface area contributed by atoms with Crippen LogP contribution in [0.2, 0.25) is 0 Å². The Morgan fingerprint density at radius 2 is 2.19 bits per heavy atom. The first-order valence-electron chi connectivity index (χ1n) is 5.57. The van der Waals surface area contributed by atoms with Crippen molar-refractivity contribution in [3.05, 3.63) is 42.0 Å². The molecule has 1 heterocycles. The molecule has 84 valence electrons. The molecule has 0 aliphatic carbocycles. The van der Waals surface area contributed by atoms with Crippen molar-refractivity contribution in [2.24, 2.45) is 4.99 Å². The van der Waals surface area contributed by atoms with Gasteiger partial charge in [0, 0.05) is 20.1 Å². The average Bonchev–Trinajstić information content (AvgIpc) is 2.72. The molecule has 0 fully saturated rings. The van der Waals surface area contributed by atoms with Crippen LogP contribution in [0.4, 0.5) is 0 Å². The van der Waals surface area contributed by atoms with Gasteiger partial charge in [0.25, 0.3) is 0 Å². The lowest BCUT2D eigenvalue weighted by Gasteiger charge is -2.13. The minimum Gasteiger partial charge on any atom is -0.353 e. The highest BCUT2D eigenvalue weighted by Gasteiger charge is 2.09. The van der Waals surface area contributed by atoms with Crippen molar-refractivity contribution < 1.29 is 0 Å². The lowest BCUT2D eigenvalue weighted by molar-refractivity contribution is 0.538. The van der Waals surface area contributed by atoms with E-state index in [1.165, 1.54) is 5.56 Å². The summed E-state index contributed by atoms with van der Waals surface area (Å²) in [7, 11) is 2.06. The zero-order valence-electron chi connectivity index (χ0n) is 9.56. The maximum atomic E-state index is 4.36. The van der Waals surface area contributed by atoms with E-state index in [9.17, 15) is 0 Å². The maximum absolute atomic E-state index is 4.36. The van der Waals surface area contributed by atoms with Gasteiger partial charge < -0.3 is 10.2 Å². The van der Waals surface area contributed by atoms with E-state index in [2.05, 4.69) is 46.5 Å². The van der Waals surface area contributed by atoms with Gasteiger partial charge in [0.1, 0.15) is 0 Å². The van der Waals surface area contributed by atoms with Crippen LogP contribution in [0.1, 0.15) is 5.56 Å². The molecule has 1 aliphatic heterocycles. The Balaban J connectivity index is 1.78. The van der Waals surface area contributed by atoms with E-state index in [4.69, 9.17) is 0 Å². The largest absolute Gasteiger partial charge is 0.353 e. The lowest BCUT2D eigenvalue weighted by atomic mass is 10.2. The normalized spacial score (nSPS) is 15.6. The van der Waals surface area contributed by atoms with E-state index in [1.807, 2.05) is 18.2 Å². The fourth-order valence-corrected chi connectivity index (χ4v) is 1.63. The van der Waals surface area contributed by atoms with Crippen LogP contribution < -0.4 is 5.32 Å². The molecule has 2 rings (SSSR count). The minimum absolute atomic E-state index is 0.818. The number of guanidine groups is 1. The third-order valence-corrected chi connectivity index (χ3v) is 2.55. The smallest absolute Gasteiger partial charge is 0.194 e. The van der Waals surface area contributed by atoms with Crippen molar-refractivity contribution in [2.75, 3.05) is 26.7 Å². The van der Waals surface area contributed by atoms with Gasteiger partial charge in [-0.2, -0.15) is 0 Å². The molecule has 1 aliphatic rings. The molecule has 3 heteroatoms. The molecule has 1 N–H and O–H groups in total. The van der Waals surface area contributed by atoms with E-state index in [0.717, 1.165) is 25.6 Å². The van der Waals surface area contributed by atoms with Crippen LogP contribution in [0, 0.1) is 0 Å². The summed E-state index contributed by atoms with van der Waals surface area (Å²) in [6.07, 6.45) is 4.23. The topological polar surface area (TPSA) is 27.6 Å². The highest BCUT2D eigenvalue weighted by Crippen LogP contribution is 2.00. The first-order chi connectivity index (χ1) is 7.86. The second-order valence-electron chi connectivity index (χ2n) is 3.82. The molecular weight excluding hydrogens is 198 g/mol. The number of aliphatic imine (C=N–C) groups is 1. The summed E-state index contributed by atoms with van der Waals surface area (Å²) in [6.45, 7) is 2.74. The van der Waals surface area contributed by atoms with Gasteiger partial charge in [0.2, 0.25) is 0 Å². The van der Waals surface area contributed by atoms with E-state index in [0.29, 0.717) is 0 Å². The van der Waals surface area contributed by atoms with Crippen LogP contribution in [0.15, 0.2) is 41.4 Å². The Morgan fingerprint density at radius 3 is 2.88 bits per heavy atom. The highest BCUT2D eigenvalue weighted by atomic mass is 15.3. The first-order valence-corrected chi connectivity index (χ1v) is 5.57. The summed E-state index contributed by atoms with van der Waals surface area (Å²) in [5, 5.41) is 3.29. The van der Waals surface area contributed by atoms with E-state index < -0.39 is 0 Å². The fraction of sp³-hybridized carbons (Fsp3) is 0.308. The third-order valence-electron chi connectivity index (χ3n) is 2.55. The van der Waals surface area contributed by atoms with Gasteiger partial charge in [0.05, 0.1) is 6.54 Å². The lowest BCUT2D eigenvalue weighted by Crippen LogP contribution is -2.35. The zero-order valence-corrected chi connectivity index (χ0v) is 9.56. The Morgan fingerprint density at radius 1 is 1.38 bits per heavy atom. The number of hydrogen-bond donors (Lipinski definition) is 1. The summed E-state index contributed by atoms with van der Waals surface area (Å²) in [5.74, 6) is 0.998. The van der Waals surface area contributed by atoms with E-state index in [-0.39, 0.29) is 0 Å². The second-order valence-corrected chi connectivity index (χ2v) is 3.82. The van der Waals surface area contributed by atoms with Crippen LogP contribution in [0.3, 0.4) is 0 Å². The van der Waals surface area contributed by atoms with Crippen molar-refractivity contribution in [3.63, 3.8) is 0 Å². The van der Waals surface area contributed by atoms with Crippen molar-refractivity contribution >= 4 is 12.0 Å². The monoisotopic (exact) mass is 215 g/mol. The van der Waals surface area contributed by atoms with Gasteiger partial charge in [0.15, 0.2) is 5.96 Å². The number of nitrogens with one attached hydrogen (secondary N) is 1. The summed E-state index contributed by atoms with van der Waals surface area (Å²) in [6, 6.07) is 10.3. The number of rotatable bonds is 3. The van der Waals surface area contributed by atoms with Crippen LogP contribution in [0.25, 0.3) is 6.08 Å². The predicted molar refractivity (Wildman–Crippen MR) is 68.4 cm³/mol. The average molecular weight is 215 g/mol. The first kappa shape index (κ1) is 10.7. The standard InChI is InChI=1S/C13H17N3/c1-16-11-10-15-13(16)14-9-5-8-12-6-3-2-4-7-12/h2-8H,9-11H2,1H3,(H,14,15)/b8-5+. The molecule has 0 aromatic heterocycles. The molecule has 0 bridgehead atoms. The molecule has 0 saturated heterocycles. The van der Waals surface area contributed by atoms with E-state index in [1.54, 1.807) is 0 Å². The third kappa shape index (κ3) is 2.86. The Bertz CT molecular complexity index is 381. The van der Waals surface area contributed by atoms with Gasteiger partial charge in [-0.05, 0) is 5.56 Å². The minimum atomic E-state index is 0.818. The van der Waals surface area contributed by atoms with Crippen LogP contribution in [-0.2, 0) is 0 Å². The second kappa shape index (κ2) is 5.35. The van der Waals surface area contributed by atoms with Crippen LogP contribution in [-0.4, -0.2) is 37.5 Å². The molecule has 0 saturated carbocycles. The number of nitrogens with zero attached hydrogens (tertiary/aromatic N) is 2. The highest BCUT2D eigenvalue weighted by molar-refractivity contribution is 5.81. The zero-order chi connectivity index (χ0) is 11.2. The van der Waals surface area contributed by atoms with Gasteiger partial charge in [-0.25, -0.2) is 0 Å². The number of hydrogen-bond acceptors (Lipinski definition) is 3. The molecular formula is C13H17N3. The Labute approximate surface area is 96.5 Å². The summed E-state index contributed by atoms with van der Waals surface area (Å²) < 4.78 is 0. The summed E-state index contributed by atoms with van der Waals surface area (Å²) >= 11 is 0. The Hall–Kier alpha value is -1.77. The van der Waals surface area contributed by atoms with Gasteiger partial charge in [-0.15, -0.1) is 0 Å². The Kier molecular flexibility index (Phi) is 3.59. The van der Waals surface area contributed by atoms with E-state index >= 15 is 0 Å². The van der Waals surface area contributed by atoms with Crippen molar-refractivity contribution in [1.29, 1.82) is 0 Å².